The number of imidazole rings is 1. The van der Waals surface area contributed by atoms with Crippen LogP contribution in [-0.2, 0) is 11.2 Å². The fourth-order valence-corrected chi connectivity index (χ4v) is 6.19. The summed E-state index contributed by atoms with van der Waals surface area (Å²) in [5.74, 6) is -0.348. The van der Waals surface area contributed by atoms with Crippen LogP contribution in [-0.4, -0.2) is 61.3 Å². The molecule has 3 aromatic rings. The van der Waals surface area contributed by atoms with E-state index in [0.29, 0.717) is 18.0 Å². The molecule has 2 aliphatic rings. The zero-order valence-corrected chi connectivity index (χ0v) is 21.6. The first-order valence-electron chi connectivity index (χ1n) is 13.3. The summed E-state index contributed by atoms with van der Waals surface area (Å²) >= 11 is 1.28. The molecule has 0 unspecified atom stereocenters. The van der Waals surface area contributed by atoms with Crippen LogP contribution in [0.4, 0.5) is 0 Å². The molecule has 37 heavy (non-hydrogen) atoms. The number of fused-ring (bicyclic) bond motifs is 1. The van der Waals surface area contributed by atoms with Gasteiger partial charge in [-0.25, -0.2) is 9.97 Å². The van der Waals surface area contributed by atoms with Crippen molar-refractivity contribution in [3.8, 4) is 0 Å². The average molecular weight is 526 g/mol. The number of H-pyrrole nitrogens is 1. The van der Waals surface area contributed by atoms with E-state index in [-0.39, 0.29) is 17.3 Å². The fourth-order valence-electron chi connectivity index (χ4n) is 5.32. The van der Waals surface area contributed by atoms with Crippen molar-refractivity contribution >= 4 is 33.4 Å². The molecule has 1 aromatic carbocycles. The van der Waals surface area contributed by atoms with Gasteiger partial charge in [0.25, 0.3) is 5.91 Å². The quantitative estimate of drug-likeness (QED) is 0.261. The lowest BCUT2D eigenvalue weighted by molar-refractivity contribution is -0.125. The van der Waals surface area contributed by atoms with Gasteiger partial charge in [0.05, 0.1) is 28.7 Å². The molecule has 0 aliphatic heterocycles. The molecule has 9 nitrogen and oxygen atoms in total. The first-order chi connectivity index (χ1) is 18.0. The predicted octanol–water partition coefficient (Wildman–Crippen LogP) is 2.95. The van der Waals surface area contributed by atoms with Gasteiger partial charge in [-0.05, 0) is 43.2 Å². The van der Waals surface area contributed by atoms with Crippen molar-refractivity contribution in [1.29, 1.82) is 0 Å². The molecule has 0 saturated heterocycles. The van der Waals surface area contributed by atoms with Crippen LogP contribution in [0.1, 0.15) is 66.9 Å². The number of aromatic nitrogens is 3. The van der Waals surface area contributed by atoms with Gasteiger partial charge in [0, 0.05) is 18.3 Å². The normalized spacial score (nSPS) is 19.7. The van der Waals surface area contributed by atoms with Crippen LogP contribution in [0.25, 0.3) is 10.2 Å². The van der Waals surface area contributed by atoms with E-state index in [4.69, 9.17) is 0 Å². The summed E-state index contributed by atoms with van der Waals surface area (Å²) in [5, 5.41) is 27.9. The Bertz CT molecular complexity index is 1160. The molecule has 0 radical (unpaired) electrons. The van der Waals surface area contributed by atoms with Crippen molar-refractivity contribution in [1.82, 2.24) is 25.6 Å². The molecule has 2 amide bonds. The molecule has 4 atom stereocenters. The highest BCUT2D eigenvalue weighted by atomic mass is 32.1. The monoisotopic (exact) mass is 525 g/mol. The number of thiazole rings is 1. The smallest absolute Gasteiger partial charge is 0.280 e. The molecule has 0 bridgehead atoms. The molecule has 2 aliphatic carbocycles. The number of aliphatic hydroxyl groups is 2. The van der Waals surface area contributed by atoms with Gasteiger partial charge in [0.15, 0.2) is 5.01 Å². The molecule has 2 fully saturated rings. The largest absolute Gasteiger partial charge is 0.390 e. The van der Waals surface area contributed by atoms with E-state index in [9.17, 15) is 19.8 Å². The standard InChI is InChI=1S/C27H35N5O4S/c33-23(17-10-11-17)24(34)20(12-16-6-2-1-3-7-16)30-25(35)21(13-18-14-28-15-29-18)31-26(36)27-32-19-8-4-5-9-22(19)37-27/h4-5,8-9,14-17,20-21,23-24,33-34H,1-3,6-7,10-13H2,(H,28,29)(H,30,35)(H,31,36)/t20-,21-,23-,24+/m0/s1. The number of aliphatic hydroxyl groups excluding tert-OH is 2. The third-order valence-corrected chi connectivity index (χ3v) is 8.63. The summed E-state index contributed by atoms with van der Waals surface area (Å²) in [6.45, 7) is 0. The Morgan fingerprint density at radius 1 is 1.08 bits per heavy atom. The third kappa shape index (κ3) is 6.55. The molecular weight excluding hydrogens is 490 g/mol. The Labute approximate surface area is 220 Å². The zero-order valence-electron chi connectivity index (χ0n) is 20.8. The zero-order chi connectivity index (χ0) is 25.8. The number of rotatable bonds is 11. The van der Waals surface area contributed by atoms with Crippen LogP contribution in [0.2, 0.25) is 0 Å². The first kappa shape index (κ1) is 25.8. The van der Waals surface area contributed by atoms with Gasteiger partial charge in [-0.2, -0.15) is 0 Å². The number of aromatic amines is 1. The number of carbonyl (C=O) groups excluding carboxylic acids is 2. The van der Waals surface area contributed by atoms with Crippen LogP contribution < -0.4 is 10.6 Å². The minimum atomic E-state index is -1.05. The lowest BCUT2D eigenvalue weighted by atomic mass is 9.82. The SMILES string of the molecule is O=C(N[C@@H](Cc1cnc[nH]1)C(=O)N[C@@H](CC1CCCCC1)[C@@H](O)[C@@H](O)C1CC1)c1nc2ccccc2s1. The van der Waals surface area contributed by atoms with Crippen molar-refractivity contribution in [2.45, 2.75) is 82.1 Å². The molecule has 5 rings (SSSR count). The third-order valence-electron chi connectivity index (χ3n) is 7.60. The number of hydrogen-bond donors (Lipinski definition) is 5. The fraction of sp³-hybridized carbons (Fsp3) is 0.556. The highest BCUT2D eigenvalue weighted by Gasteiger charge is 2.40. The first-order valence-corrected chi connectivity index (χ1v) is 14.1. The number of benzene rings is 1. The van der Waals surface area contributed by atoms with Gasteiger partial charge in [-0.1, -0.05) is 44.2 Å². The molecule has 5 N–H and O–H groups in total. The maximum absolute atomic E-state index is 13.6. The van der Waals surface area contributed by atoms with E-state index in [1.165, 1.54) is 24.1 Å². The van der Waals surface area contributed by atoms with Gasteiger partial charge in [0.2, 0.25) is 5.91 Å². The van der Waals surface area contributed by atoms with E-state index in [0.717, 1.165) is 48.7 Å². The Balaban J connectivity index is 1.32. The number of nitrogens with one attached hydrogen (secondary N) is 3. The van der Waals surface area contributed by atoms with Crippen LogP contribution in [0.15, 0.2) is 36.8 Å². The van der Waals surface area contributed by atoms with Gasteiger partial charge in [0.1, 0.15) is 12.1 Å². The number of nitrogens with zero attached hydrogens (tertiary/aromatic N) is 2. The summed E-state index contributed by atoms with van der Waals surface area (Å²) < 4.78 is 0.895. The number of carbonyl (C=O) groups is 2. The minimum absolute atomic E-state index is 0.0836. The Kier molecular flexibility index (Phi) is 8.17. The lowest BCUT2D eigenvalue weighted by Crippen LogP contribution is -2.56. The van der Waals surface area contributed by atoms with Crippen LogP contribution in [0.3, 0.4) is 0 Å². The van der Waals surface area contributed by atoms with Gasteiger partial charge in [-0.15, -0.1) is 11.3 Å². The maximum atomic E-state index is 13.6. The number of amides is 2. The van der Waals surface area contributed by atoms with E-state index in [1.807, 2.05) is 24.3 Å². The highest BCUT2D eigenvalue weighted by Crippen LogP contribution is 2.36. The molecule has 198 valence electrons. The second-order valence-electron chi connectivity index (χ2n) is 10.5. The van der Waals surface area contributed by atoms with Crippen LogP contribution in [0.5, 0.6) is 0 Å². The van der Waals surface area contributed by atoms with E-state index >= 15 is 0 Å². The summed E-state index contributed by atoms with van der Waals surface area (Å²) in [7, 11) is 0. The van der Waals surface area contributed by atoms with Gasteiger partial charge < -0.3 is 25.8 Å². The summed E-state index contributed by atoms with van der Waals surface area (Å²) in [5.41, 5.74) is 1.43. The van der Waals surface area contributed by atoms with Crippen molar-refractivity contribution in [3.05, 3.63) is 47.5 Å². The lowest BCUT2D eigenvalue weighted by Gasteiger charge is -2.33. The van der Waals surface area contributed by atoms with Crippen LogP contribution in [0, 0.1) is 11.8 Å². The molecule has 2 aromatic heterocycles. The van der Waals surface area contributed by atoms with Crippen molar-refractivity contribution < 1.29 is 19.8 Å². The van der Waals surface area contributed by atoms with Crippen molar-refractivity contribution in [2.75, 3.05) is 0 Å². The summed E-state index contributed by atoms with van der Waals surface area (Å²) in [4.78, 5) is 38.2. The molecule has 10 heteroatoms. The van der Waals surface area contributed by atoms with E-state index < -0.39 is 36.1 Å². The van der Waals surface area contributed by atoms with Crippen molar-refractivity contribution in [3.63, 3.8) is 0 Å². The van der Waals surface area contributed by atoms with Crippen molar-refractivity contribution in [2.24, 2.45) is 11.8 Å². The second-order valence-corrected chi connectivity index (χ2v) is 11.5. The molecule has 2 heterocycles. The Morgan fingerprint density at radius 3 is 2.57 bits per heavy atom. The van der Waals surface area contributed by atoms with E-state index in [2.05, 4.69) is 25.6 Å². The summed E-state index contributed by atoms with van der Waals surface area (Å²) in [6.07, 6.45) is 9.46. The number of para-hydroxylation sites is 1. The Morgan fingerprint density at radius 2 is 1.86 bits per heavy atom. The number of hydrogen-bond acceptors (Lipinski definition) is 7. The maximum Gasteiger partial charge on any atom is 0.280 e. The molecule has 0 spiro atoms. The average Bonchev–Trinajstić information content (AvgIpc) is 3.45. The topological polar surface area (TPSA) is 140 Å². The highest BCUT2D eigenvalue weighted by molar-refractivity contribution is 7.20. The second kappa shape index (κ2) is 11.7. The van der Waals surface area contributed by atoms with Crippen LogP contribution >= 0.6 is 11.3 Å². The predicted molar refractivity (Wildman–Crippen MR) is 141 cm³/mol. The molecular formula is C27H35N5O4S. The Hall–Kier alpha value is -2.82. The van der Waals surface area contributed by atoms with E-state index in [1.54, 1.807) is 6.20 Å². The summed E-state index contributed by atoms with van der Waals surface area (Å²) in [6, 6.07) is 6.02. The van der Waals surface area contributed by atoms with Gasteiger partial charge in [-0.3, -0.25) is 9.59 Å². The minimum Gasteiger partial charge on any atom is -0.390 e. The molecule has 2 saturated carbocycles. The van der Waals surface area contributed by atoms with Gasteiger partial charge >= 0.3 is 0 Å².